The number of methoxy groups -OCH3 is 1. The van der Waals surface area contributed by atoms with Crippen molar-refractivity contribution in [3.63, 3.8) is 0 Å². The maximum absolute atomic E-state index is 12.6. The van der Waals surface area contributed by atoms with Gasteiger partial charge in [-0.1, -0.05) is 13.8 Å². The lowest BCUT2D eigenvalue weighted by Gasteiger charge is -2.15. The molecule has 0 spiro atoms. The van der Waals surface area contributed by atoms with Gasteiger partial charge < -0.3 is 14.1 Å². The zero-order valence-corrected chi connectivity index (χ0v) is 14.4. The summed E-state index contributed by atoms with van der Waals surface area (Å²) >= 11 is 1.53. The van der Waals surface area contributed by atoms with Crippen LogP contribution in [0.4, 0.5) is 0 Å². The average Bonchev–Trinajstić information content (AvgIpc) is 3.26. The van der Waals surface area contributed by atoms with Crippen LogP contribution in [-0.2, 0) is 4.74 Å². The fraction of sp³-hybridized carbons (Fsp3) is 0.562. The fourth-order valence-electron chi connectivity index (χ4n) is 2.90. The lowest BCUT2D eigenvalue weighted by Crippen LogP contribution is -2.29. The Labute approximate surface area is 139 Å². The Bertz CT molecular complexity index is 653. The summed E-state index contributed by atoms with van der Waals surface area (Å²) in [5.41, 5.74) is 0.736. The van der Waals surface area contributed by atoms with Crippen molar-refractivity contribution in [3.05, 3.63) is 34.2 Å². The van der Waals surface area contributed by atoms with Crippen molar-refractivity contribution in [1.82, 2.24) is 15.1 Å². The Morgan fingerprint density at radius 1 is 1.48 bits per heavy atom. The largest absolute Gasteiger partial charge is 0.425 e. The van der Waals surface area contributed by atoms with Gasteiger partial charge in [0.15, 0.2) is 0 Å². The Morgan fingerprint density at radius 3 is 2.91 bits per heavy atom. The Balaban J connectivity index is 1.79. The molecular formula is C16H21N3O3S. The van der Waals surface area contributed by atoms with Gasteiger partial charge in [0.25, 0.3) is 5.91 Å². The van der Waals surface area contributed by atoms with Crippen LogP contribution in [0.5, 0.6) is 0 Å². The van der Waals surface area contributed by atoms with E-state index in [1.807, 2.05) is 35.6 Å². The highest BCUT2D eigenvalue weighted by atomic mass is 32.1. The number of thiophene rings is 1. The van der Waals surface area contributed by atoms with Gasteiger partial charge in [-0.25, -0.2) is 0 Å². The molecule has 3 heterocycles. The van der Waals surface area contributed by atoms with Crippen molar-refractivity contribution >= 4 is 17.2 Å². The average molecular weight is 335 g/mol. The zero-order chi connectivity index (χ0) is 16.4. The standard InChI is InChI=1S/C16H21N3O3S/c1-10(2)14-17-18-15(22-14)13-7-19(6-12(13)8-21-3)16(20)11-4-5-23-9-11/h4-5,9-10,12-13H,6-8H2,1-3H3/t12-,13+/m0/s1. The highest BCUT2D eigenvalue weighted by Gasteiger charge is 2.39. The number of amides is 1. The molecule has 0 bridgehead atoms. The summed E-state index contributed by atoms with van der Waals surface area (Å²) in [4.78, 5) is 14.4. The number of aromatic nitrogens is 2. The van der Waals surface area contributed by atoms with Crippen molar-refractivity contribution in [2.75, 3.05) is 26.8 Å². The molecule has 124 valence electrons. The van der Waals surface area contributed by atoms with Gasteiger partial charge in [0.2, 0.25) is 11.8 Å². The molecule has 2 aromatic heterocycles. The van der Waals surface area contributed by atoms with E-state index in [4.69, 9.17) is 9.15 Å². The second kappa shape index (κ2) is 6.80. The van der Waals surface area contributed by atoms with E-state index in [1.165, 1.54) is 11.3 Å². The molecule has 0 unspecified atom stereocenters. The lowest BCUT2D eigenvalue weighted by molar-refractivity contribution is 0.0776. The molecule has 1 saturated heterocycles. The van der Waals surface area contributed by atoms with Crippen LogP contribution in [-0.4, -0.2) is 47.8 Å². The van der Waals surface area contributed by atoms with Gasteiger partial charge >= 0.3 is 0 Å². The fourth-order valence-corrected chi connectivity index (χ4v) is 3.53. The van der Waals surface area contributed by atoms with Crippen LogP contribution >= 0.6 is 11.3 Å². The summed E-state index contributed by atoms with van der Waals surface area (Å²) in [6, 6.07) is 1.86. The summed E-state index contributed by atoms with van der Waals surface area (Å²) in [5, 5.41) is 12.1. The normalized spacial score (nSPS) is 21.3. The van der Waals surface area contributed by atoms with Crippen molar-refractivity contribution in [2.24, 2.45) is 5.92 Å². The molecule has 0 saturated carbocycles. The van der Waals surface area contributed by atoms with Gasteiger partial charge in [0.05, 0.1) is 18.1 Å². The van der Waals surface area contributed by atoms with Crippen LogP contribution in [0.15, 0.2) is 21.2 Å². The minimum absolute atomic E-state index is 0.0255. The van der Waals surface area contributed by atoms with E-state index in [0.29, 0.717) is 31.5 Å². The maximum Gasteiger partial charge on any atom is 0.254 e. The first-order valence-corrected chi connectivity index (χ1v) is 8.68. The number of ether oxygens (including phenoxy) is 1. The maximum atomic E-state index is 12.6. The number of hydrogen-bond donors (Lipinski definition) is 0. The quantitative estimate of drug-likeness (QED) is 0.840. The Morgan fingerprint density at radius 2 is 2.30 bits per heavy atom. The molecule has 23 heavy (non-hydrogen) atoms. The van der Waals surface area contributed by atoms with Gasteiger partial charge in [-0.2, -0.15) is 11.3 Å². The predicted octanol–water partition coefficient (Wildman–Crippen LogP) is 2.76. The van der Waals surface area contributed by atoms with Crippen LogP contribution in [0.3, 0.4) is 0 Å². The van der Waals surface area contributed by atoms with Crippen LogP contribution in [0, 0.1) is 5.92 Å². The third-order valence-corrected chi connectivity index (χ3v) is 4.83. The van der Waals surface area contributed by atoms with Crippen molar-refractivity contribution in [3.8, 4) is 0 Å². The molecule has 6 nitrogen and oxygen atoms in total. The second-order valence-corrected chi connectivity index (χ2v) is 6.96. The number of carbonyl (C=O) groups excluding carboxylic acids is 1. The molecule has 0 radical (unpaired) electrons. The highest BCUT2D eigenvalue weighted by molar-refractivity contribution is 7.08. The molecule has 2 atom stereocenters. The lowest BCUT2D eigenvalue weighted by atomic mass is 9.97. The Hall–Kier alpha value is -1.73. The number of carbonyl (C=O) groups is 1. The third-order valence-electron chi connectivity index (χ3n) is 4.14. The molecule has 1 aliphatic rings. The smallest absolute Gasteiger partial charge is 0.254 e. The molecule has 2 aromatic rings. The van der Waals surface area contributed by atoms with E-state index < -0.39 is 0 Å². The van der Waals surface area contributed by atoms with Gasteiger partial charge in [0, 0.05) is 37.4 Å². The molecule has 0 N–H and O–H groups in total. The van der Waals surface area contributed by atoms with Gasteiger partial charge in [0.1, 0.15) is 0 Å². The van der Waals surface area contributed by atoms with E-state index in [0.717, 1.165) is 5.56 Å². The second-order valence-electron chi connectivity index (χ2n) is 6.18. The van der Waals surface area contributed by atoms with Gasteiger partial charge in [-0.05, 0) is 11.4 Å². The van der Waals surface area contributed by atoms with Crippen LogP contribution < -0.4 is 0 Å². The summed E-state index contributed by atoms with van der Waals surface area (Å²) in [6.07, 6.45) is 0. The van der Waals surface area contributed by atoms with E-state index in [2.05, 4.69) is 10.2 Å². The zero-order valence-electron chi connectivity index (χ0n) is 13.6. The summed E-state index contributed by atoms with van der Waals surface area (Å²) in [7, 11) is 1.67. The first kappa shape index (κ1) is 16.1. The van der Waals surface area contributed by atoms with Crippen LogP contribution in [0.2, 0.25) is 0 Å². The monoisotopic (exact) mass is 335 g/mol. The van der Waals surface area contributed by atoms with Crippen LogP contribution in [0.1, 0.15) is 47.8 Å². The molecule has 0 aromatic carbocycles. The molecule has 0 aliphatic carbocycles. The molecule has 1 fully saturated rings. The van der Waals surface area contributed by atoms with Crippen molar-refractivity contribution < 1.29 is 13.9 Å². The van der Waals surface area contributed by atoms with Gasteiger partial charge in [-0.3, -0.25) is 4.79 Å². The molecule has 1 amide bonds. The van der Waals surface area contributed by atoms with E-state index in [-0.39, 0.29) is 23.7 Å². The highest BCUT2D eigenvalue weighted by Crippen LogP contribution is 2.33. The molecule has 1 aliphatic heterocycles. The van der Waals surface area contributed by atoms with E-state index in [1.54, 1.807) is 7.11 Å². The third kappa shape index (κ3) is 3.30. The Kier molecular flexibility index (Phi) is 4.77. The van der Waals surface area contributed by atoms with Crippen molar-refractivity contribution in [2.45, 2.75) is 25.7 Å². The summed E-state index contributed by atoms with van der Waals surface area (Å²) in [6.45, 7) is 5.84. The number of rotatable bonds is 5. The first-order chi connectivity index (χ1) is 11.1. The van der Waals surface area contributed by atoms with Gasteiger partial charge in [-0.15, -0.1) is 10.2 Å². The number of likely N-dealkylation sites (tertiary alicyclic amines) is 1. The topological polar surface area (TPSA) is 68.5 Å². The predicted molar refractivity (Wildman–Crippen MR) is 86.7 cm³/mol. The molecule has 3 rings (SSSR count). The summed E-state index contributed by atoms with van der Waals surface area (Å²) < 4.78 is 11.1. The molecule has 7 heteroatoms. The first-order valence-electron chi connectivity index (χ1n) is 7.73. The van der Waals surface area contributed by atoms with Crippen LogP contribution in [0.25, 0.3) is 0 Å². The van der Waals surface area contributed by atoms with E-state index >= 15 is 0 Å². The SMILES string of the molecule is COC[C@@H]1CN(C(=O)c2ccsc2)C[C@H]1c1nnc(C(C)C)o1. The minimum Gasteiger partial charge on any atom is -0.425 e. The molecular weight excluding hydrogens is 314 g/mol. The number of nitrogens with zero attached hydrogens (tertiary/aromatic N) is 3. The summed E-state index contributed by atoms with van der Waals surface area (Å²) in [5.74, 6) is 1.69. The minimum atomic E-state index is 0.0255. The van der Waals surface area contributed by atoms with Crippen molar-refractivity contribution in [1.29, 1.82) is 0 Å². The number of hydrogen-bond acceptors (Lipinski definition) is 6. The van der Waals surface area contributed by atoms with E-state index in [9.17, 15) is 4.79 Å².